The molecule has 1 saturated heterocycles. The minimum Gasteiger partial charge on any atom is -0.480 e. The summed E-state index contributed by atoms with van der Waals surface area (Å²) in [7, 11) is 1.56. The number of amides is 3. The highest BCUT2D eigenvalue weighted by molar-refractivity contribution is 5.82. The van der Waals surface area contributed by atoms with Gasteiger partial charge in [0.05, 0.1) is 5.92 Å². The molecule has 0 aromatic rings. The van der Waals surface area contributed by atoms with Crippen LogP contribution < -0.4 is 10.6 Å². The molecule has 1 unspecified atom stereocenters. The third-order valence-electron chi connectivity index (χ3n) is 2.72. The second-order valence-corrected chi connectivity index (χ2v) is 3.95. The van der Waals surface area contributed by atoms with Crippen molar-refractivity contribution in [2.45, 2.75) is 12.8 Å². The van der Waals surface area contributed by atoms with Gasteiger partial charge in [-0.15, -0.1) is 0 Å². The number of carboxylic acid groups (broad SMARTS) is 1. The molecule has 3 N–H and O–H groups in total. The molecule has 1 aliphatic rings. The number of hydrogen-bond donors (Lipinski definition) is 3. The molecule has 0 radical (unpaired) electrons. The van der Waals surface area contributed by atoms with Crippen molar-refractivity contribution in [2.24, 2.45) is 5.92 Å². The van der Waals surface area contributed by atoms with E-state index in [-0.39, 0.29) is 11.8 Å². The number of hydrogen-bond acceptors (Lipinski definition) is 3. The average Bonchev–Trinajstić information content (AvgIpc) is 2.35. The molecule has 0 saturated carbocycles. The smallest absolute Gasteiger partial charge is 0.323 e. The standard InChI is InChI=1S/C10H17N3O4/c1-11-9(16)7-3-2-4-13(6-7)10(17)12-5-8(14)15/h7H,2-6H2,1H3,(H,11,16)(H,12,17)(H,14,15). The Labute approximate surface area is 99.2 Å². The molecular weight excluding hydrogens is 226 g/mol. The van der Waals surface area contributed by atoms with Crippen molar-refractivity contribution in [3.05, 3.63) is 0 Å². The van der Waals surface area contributed by atoms with Crippen molar-refractivity contribution in [3.8, 4) is 0 Å². The quantitative estimate of drug-likeness (QED) is 0.606. The van der Waals surface area contributed by atoms with Crippen molar-refractivity contribution in [2.75, 3.05) is 26.7 Å². The number of rotatable bonds is 3. The van der Waals surface area contributed by atoms with Gasteiger partial charge in [0, 0.05) is 20.1 Å². The molecule has 1 aliphatic heterocycles. The molecule has 1 rings (SSSR count). The summed E-state index contributed by atoms with van der Waals surface area (Å²) in [6.45, 7) is 0.490. The van der Waals surface area contributed by atoms with Crippen LogP contribution in [0.4, 0.5) is 4.79 Å². The van der Waals surface area contributed by atoms with E-state index in [1.54, 1.807) is 7.05 Å². The monoisotopic (exact) mass is 243 g/mol. The summed E-state index contributed by atoms with van der Waals surface area (Å²) >= 11 is 0. The van der Waals surface area contributed by atoms with Gasteiger partial charge in [0.2, 0.25) is 5.91 Å². The molecule has 7 heteroatoms. The largest absolute Gasteiger partial charge is 0.480 e. The zero-order chi connectivity index (χ0) is 12.8. The van der Waals surface area contributed by atoms with Crippen molar-refractivity contribution in [1.82, 2.24) is 15.5 Å². The summed E-state index contributed by atoms with van der Waals surface area (Å²) in [5, 5.41) is 13.3. The Morgan fingerprint density at radius 1 is 1.41 bits per heavy atom. The lowest BCUT2D eigenvalue weighted by atomic mass is 9.97. The number of carbonyl (C=O) groups is 3. The van der Waals surface area contributed by atoms with Crippen LogP contribution in [0.25, 0.3) is 0 Å². The van der Waals surface area contributed by atoms with Gasteiger partial charge in [-0.25, -0.2) is 4.79 Å². The van der Waals surface area contributed by atoms with Crippen molar-refractivity contribution < 1.29 is 19.5 Å². The van der Waals surface area contributed by atoms with Crippen LogP contribution in [0.5, 0.6) is 0 Å². The Hall–Kier alpha value is -1.79. The molecule has 0 spiro atoms. The molecular formula is C10H17N3O4. The summed E-state index contributed by atoms with van der Waals surface area (Å²) in [6.07, 6.45) is 1.50. The van der Waals surface area contributed by atoms with Crippen LogP contribution in [-0.2, 0) is 9.59 Å². The molecule has 1 fully saturated rings. The van der Waals surface area contributed by atoms with Gasteiger partial charge in [-0.3, -0.25) is 9.59 Å². The van der Waals surface area contributed by atoms with Crippen molar-refractivity contribution in [1.29, 1.82) is 0 Å². The summed E-state index contributed by atoms with van der Waals surface area (Å²) in [4.78, 5) is 34.8. The minimum atomic E-state index is -1.08. The topological polar surface area (TPSA) is 98.7 Å². The van der Waals surface area contributed by atoms with Gasteiger partial charge in [-0.2, -0.15) is 0 Å². The van der Waals surface area contributed by atoms with E-state index in [0.717, 1.165) is 12.8 Å². The maximum Gasteiger partial charge on any atom is 0.323 e. The lowest BCUT2D eigenvalue weighted by Crippen LogP contribution is -2.49. The van der Waals surface area contributed by atoms with Gasteiger partial charge in [-0.1, -0.05) is 0 Å². The summed E-state index contributed by atoms with van der Waals surface area (Å²) < 4.78 is 0. The zero-order valence-electron chi connectivity index (χ0n) is 9.73. The maximum absolute atomic E-state index is 11.6. The molecule has 7 nitrogen and oxygen atoms in total. The number of carboxylic acids is 1. The first-order chi connectivity index (χ1) is 8.04. The van der Waals surface area contributed by atoms with E-state index in [4.69, 9.17) is 5.11 Å². The molecule has 0 aromatic heterocycles. The van der Waals surface area contributed by atoms with E-state index in [9.17, 15) is 14.4 Å². The van der Waals surface area contributed by atoms with E-state index in [1.165, 1.54) is 4.90 Å². The van der Waals surface area contributed by atoms with E-state index in [0.29, 0.717) is 13.1 Å². The van der Waals surface area contributed by atoms with Gasteiger partial charge >= 0.3 is 12.0 Å². The third kappa shape index (κ3) is 3.93. The zero-order valence-corrected chi connectivity index (χ0v) is 9.73. The van der Waals surface area contributed by atoms with Gasteiger partial charge in [-0.05, 0) is 12.8 Å². The van der Waals surface area contributed by atoms with Gasteiger partial charge in [0.25, 0.3) is 0 Å². The van der Waals surface area contributed by atoms with Crippen LogP contribution in [-0.4, -0.2) is 54.6 Å². The lowest BCUT2D eigenvalue weighted by Gasteiger charge is -2.31. The fourth-order valence-corrected chi connectivity index (χ4v) is 1.84. The first kappa shape index (κ1) is 13.3. The Balaban J connectivity index is 2.45. The number of likely N-dealkylation sites (tertiary alicyclic amines) is 1. The minimum absolute atomic E-state index is 0.0827. The lowest BCUT2D eigenvalue weighted by molar-refractivity contribution is -0.136. The highest BCUT2D eigenvalue weighted by Crippen LogP contribution is 2.16. The SMILES string of the molecule is CNC(=O)C1CCCN(C(=O)NCC(=O)O)C1. The summed E-state index contributed by atoms with van der Waals surface area (Å²) in [6, 6.07) is -0.430. The molecule has 1 heterocycles. The van der Waals surface area contributed by atoms with E-state index in [2.05, 4.69) is 10.6 Å². The normalized spacial score (nSPS) is 19.6. The first-order valence-electron chi connectivity index (χ1n) is 5.50. The van der Waals surface area contributed by atoms with Crippen molar-refractivity contribution in [3.63, 3.8) is 0 Å². The number of nitrogens with one attached hydrogen (secondary N) is 2. The second-order valence-electron chi connectivity index (χ2n) is 3.95. The average molecular weight is 243 g/mol. The van der Waals surface area contributed by atoms with Gasteiger partial charge < -0.3 is 20.6 Å². The van der Waals surface area contributed by atoms with Crippen LogP contribution >= 0.6 is 0 Å². The first-order valence-corrected chi connectivity index (χ1v) is 5.50. The van der Waals surface area contributed by atoms with E-state index >= 15 is 0 Å². The van der Waals surface area contributed by atoms with Crippen molar-refractivity contribution >= 4 is 17.9 Å². The molecule has 17 heavy (non-hydrogen) atoms. The predicted molar refractivity (Wildman–Crippen MR) is 59.4 cm³/mol. The number of piperidine rings is 1. The van der Waals surface area contributed by atoms with Gasteiger partial charge in [0.15, 0.2) is 0 Å². The van der Waals surface area contributed by atoms with E-state index in [1.807, 2.05) is 0 Å². The number of carbonyl (C=O) groups excluding carboxylic acids is 2. The highest BCUT2D eigenvalue weighted by Gasteiger charge is 2.27. The molecule has 96 valence electrons. The number of urea groups is 1. The Morgan fingerprint density at radius 3 is 2.71 bits per heavy atom. The van der Waals surface area contributed by atoms with Crippen LogP contribution in [0.2, 0.25) is 0 Å². The third-order valence-corrected chi connectivity index (χ3v) is 2.72. The molecule has 0 aromatic carbocycles. The Kier molecular flexibility index (Phi) is 4.74. The Morgan fingerprint density at radius 2 is 2.12 bits per heavy atom. The predicted octanol–water partition coefficient (Wildman–Crippen LogP) is -0.761. The van der Waals surface area contributed by atoms with E-state index < -0.39 is 18.5 Å². The van der Waals surface area contributed by atoms with Gasteiger partial charge in [0.1, 0.15) is 6.54 Å². The molecule has 1 atom stereocenters. The van der Waals surface area contributed by atoms with Crippen LogP contribution in [0.3, 0.4) is 0 Å². The fourth-order valence-electron chi connectivity index (χ4n) is 1.84. The van der Waals surface area contributed by atoms with Crippen LogP contribution in [0, 0.1) is 5.92 Å². The number of aliphatic carboxylic acids is 1. The molecule has 0 aliphatic carbocycles. The molecule has 0 bridgehead atoms. The van der Waals surface area contributed by atoms with Crippen LogP contribution in [0.15, 0.2) is 0 Å². The number of nitrogens with zero attached hydrogens (tertiary/aromatic N) is 1. The van der Waals surface area contributed by atoms with Crippen LogP contribution in [0.1, 0.15) is 12.8 Å². The summed E-state index contributed by atoms with van der Waals surface area (Å²) in [5.74, 6) is -1.37. The summed E-state index contributed by atoms with van der Waals surface area (Å²) in [5.41, 5.74) is 0. The Bertz CT molecular complexity index is 319. The highest BCUT2D eigenvalue weighted by atomic mass is 16.4. The fraction of sp³-hybridized carbons (Fsp3) is 0.700. The molecule has 3 amide bonds. The second kappa shape index (κ2) is 6.07. The maximum atomic E-state index is 11.6.